The molecule has 0 unspecified atom stereocenters. The molecule has 0 amide bonds. The molecule has 0 aliphatic rings. The van der Waals surface area contributed by atoms with E-state index in [2.05, 4.69) is 103 Å². The van der Waals surface area contributed by atoms with Crippen molar-refractivity contribution >= 4 is 24.3 Å². The van der Waals surface area contributed by atoms with Gasteiger partial charge < -0.3 is 4.43 Å². The van der Waals surface area contributed by atoms with Crippen LogP contribution in [0.1, 0.15) is 12.0 Å². The zero-order valence-electron chi connectivity index (χ0n) is 17.5. The highest BCUT2D eigenvalue weighted by Gasteiger charge is 2.40. The maximum atomic E-state index is 7.00. The summed E-state index contributed by atoms with van der Waals surface area (Å²) in [5.41, 5.74) is 4.82. The lowest BCUT2D eigenvalue weighted by Crippen LogP contribution is -2.62. The van der Waals surface area contributed by atoms with Gasteiger partial charge in [0, 0.05) is 0 Å². The largest absolute Gasteiger partial charge is 0.531 e. The molecule has 0 atom stereocenters. The summed E-state index contributed by atoms with van der Waals surface area (Å²) in [5, 5.41) is 2.42. The molecule has 2 heteroatoms. The molecule has 0 radical (unpaired) electrons. The first-order chi connectivity index (χ1) is 15.3. The zero-order valence-corrected chi connectivity index (χ0v) is 18.5. The second-order valence-electron chi connectivity index (χ2n) is 7.41. The van der Waals surface area contributed by atoms with Crippen molar-refractivity contribution in [3.05, 3.63) is 145 Å². The number of rotatable bonds is 8. The van der Waals surface area contributed by atoms with Gasteiger partial charge in [-0.05, 0) is 45.8 Å². The summed E-state index contributed by atoms with van der Waals surface area (Å²) in [6, 6.07) is 41.9. The highest BCUT2D eigenvalue weighted by molar-refractivity contribution is 7.02. The topological polar surface area (TPSA) is 9.23 Å². The Balaban J connectivity index is 1.99. The summed E-state index contributed by atoms with van der Waals surface area (Å²) in [6.07, 6.45) is 2.74. The van der Waals surface area contributed by atoms with Crippen LogP contribution >= 0.6 is 0 Å². The van der Waals surface area contributed by atoms with Gasteiger partial charge >= 0.3 is 8.32 Å². The quantitative estimate of drug-likeness (QED) is 0.251. The van der Waals surface area contributed by atoms with Crippen LogP contribution in [0.3, 0.4) is 0 Å². The Kier molecular flexibility index (Phi) is 6.61. The van der Waals surface area contributed by atoms with Crippen LogP contribution in [0.2, 0.25) is 0 Å². The molecule has 4 rings (SSSR count). The van der Waals surface area contributed by atoms with E-state index < -0.39 is 8.32 Å². The molecule has 4 aromatic carbocycles. The molecule has 0 N–H and O–H groups in total. The van der Waals surface area contributed by atoms with E-state index in [-0.39, 0.29) is 0 Å². The molecule has 0 spiro atoms. The fraction of sp³-hybridized carbons (Fsp3) is 0.0345. The lowest BCUT2D eigenvalue weighted by Gasteiger charge is -2.31. The molecule has 0 aromatic heterocycles. The van der Waals surface area contributed by atoms with Gasteiger partial charge in [0.25, 0.3) is 0 Å². The van der Waals surface area contributed by atoms with Gasteiger partial charge in [0.2, 0.25) is 0 Å². The van der Waals surface area contributed by atoms with Crippen LogP contribution in [0.25, 0.3) is 5.57 Å². The molecule has 1 nitrogen and oxygen atoms in total. The molecular weight excluding hydrogens is 392 g/mol. The van der Waals surface area contributed by atoms with Crippen molar-refractivity contribution in [2.75, 3.05) is 0 Å². The van der Waals surface area contributed by atoms with Crippen molar-refractivity contribution < 1.29 is 4.43 Å². The van der Waals surface area contributed by atoms with Crippen LogP contribution in [0.15, 0.2) is 140 Å². The lowest BCUT2D eigenvalue weighted by molar-refractivity contribution is 0.576. The van der Waals surface area contributed by atoms with E-state index in [1.165, 1.54) is 21.5 Å². The molecular formula is C29H26OSi. The summed E-state index contributed by atoms with van der Waals surface area (Å²) in [4.78, 5) is 0. The summed E-state index contributed by atoms with van der Waals surface area (Å²) >= 11 is 0. The highest BCUT2D eigenvalue weighted by Crippen LogP contribution is 2.25. The maximum absolute atomic E-state index is 7.00. The standard InChI is InChI=1S/C29H26OSi/c1-2-15-26(25-16-7-3-8-17-25)24-31(28-20-11-5-12-21-28,29-22-13-6-14-23-29)30-27-18-9-4-10-19-27/h2-14,16-24H,1,15H2/b26-24+. The SMILES string of the molecule is C=CC/C(=C\[Si](Oc1ccccc1)(c1ccccc1)c1ccccc1)c1ccccc1. The molecule has 0 heterocycles. The fourth-order valence-corrected chi connectivity index (χ4v) is 7.46. The van der Waals surface area contributed by atoms with Gasteiger partial charge in [-0.2, -0.15) is 0 Å². The first-order valence-corrected chi connectivity index (χ1v) is 12.5. The molecule has 0 saturated heterocycles. The summed E-state index contributed by atoms with van der Waals surface area (Å²) in [5.74, 6) is 0.879. The van der Waals surface area contributed by atoms with Crippen LogP contribution in [-0.4, -0.2) is 8.32 Å². The predicted molar refractivity (Wildman–Crippen MR) is 134 cm³/mol. The van der Waals surface area contributed by atoms with Crippen LogP contribution in [0, 0.1) is 0 Å². The molecule has 0 aliphatic carbocycles. The predicted octanol–water partition coefficient (Wildman–Crippen LogP) is 6.02. The normalized spacial score (nSPS) is 11.7. The van der Waals surface area contributed by atoms with E-state index in [0.717, 1.165) is 12.2 Å². The van der Waals surface area contributed by atoms with Gasteiger partial charge in [0.05, 0.1) is 0 Å². The third kappa shape index (κ3) is 4.76. The van der Waals surface area contributed by atoms with Gasteiger partial charge in [-0.1, -0.05) is 115 Å². The van der Waals surface area contributed by atoms with Gasteiger partial charge in [-0.15, -0.1) is 6.58 Å². The second kappa shape index (κ2) is 9.92. The van der Waals surface area contributed by atoms with E-state index in [4.69, 9.17) is 4.43 Å². The molecule has 4 aromatic rings. The van der Waals surface area contributed by atoms with Gasteiger partial charge in [-0.25, -0.2) is 0 Å². The van der Waals surface area contributed by atoms with Crippen molar-refractivity contribution in [1.82, 2.24) is 0 Å². The molecule has 31 heavy (non-hydrogen) atoms. The Morgan fingerprint density at radius 1 is 0.645 bits per heavy atom. The van der Waals surface area contributed by atoms with E-state index in [1.54, 1.807) is 0 Å². The van der Waals surface area contributed by atoms with Crippen molar-refractivity contribution in [2.24, 2.45) is 0 Å². The number of hydrogen-bond donors (Lipinski definition) is 0. The molecule has 0 bridgehead atoms. The van der Waals surface area contributed by atoms with E-state index >= 15 is 0 Å². The minimum atomic E-state index is -2.78. The Hall–Kier alpha value is -3.62. The van der Waals surface area contributed by atoms with Crippen LogP contribution in [0.4, 0.5) is 0 Å². The Labute approximate surface area is 186 Å². The second-order valence-corrected chi connectivity index (χ2v) is 10.5. The van der Waals surface area contributed by atoms with Gasteiger partial charge in [0.1, 0.15) is 5.75 Å². The maximum Gasteiger partial charge on any atom is 0.340 e. The van der Waals surface area contributed by atoms with Crippen LogP contribution in [0.5, 0.6) is 5.75 Å². The monoisotopic (exact) mass is 418 g/mol. The van der Waals surface area contributed by atoms with E-state index in [1.807, 2.05) is 36.4 Å². The Morgan fingerprint density at radius 3 is 1.58 bits per heavy atom. The van der Waals surface area contributed by atoms with Gasteiger partial charge in [-0.3, -0.25) is 0 Å². The highest BCUT2D eigenvalue weighted by atomic mass is 28.4. The summed E-state index contributed by atoms with van der Waals surface area (Å²) in [7, 11) is -2.78. The number of allylic oxidation sites excluding steroid dienone is 2. The van der Waals surface area contributed by atoms with E-state index in [9.17, 15) is 0 Å². The number of hydrogen-bond acceptors (Lipinski definition) is 1. The van der Waals surface area contributed by atoms with Crippen LogP contribution < -0.4 is 14.8 Å². The lowest BCUT2D eigenvalue weighted by atomic mass is 10.1. The van der Waals surface area contributed by atoms with Crippen molar-refractivity contribution in [2.45, 2.75) is 6.42 Å². The van der Waals surface area contributed by atoms with Crippen molar-refractivity contribution in [1.29, 1.82) is 0 Å². The minimum Gasteiger partial charge on any atom is -0.531 e. The average Bonchev–Trinajstić information content (AvgIpc) is 2.85. The molecule has 0 aliphatic heterocycles. The molecule has 0 saturated carbocycles. The molecule has 152 valence electrons. The number of para-hydroxylation sites is 1. The smallest absolute Gasteiger partial charge is 0.340 e. The summed E-state index contributed by atoms with van der Waals surface area (Å²) in [6.45, 7) is 4.02. The minimum absolute atomic E-state index is 0.774. The van der Waals surface area contributed by atoms with E-state index in [0.29, 0.717) is 0 Å². The van der Waals surface area contributed by atoms with Crippen molar-refractivity contribution in [3.63, 3.8) is 0 Å². The fourth-order valence-electron chi connectivity index (χ4n) is 3.84. The Bertz CT molecular complexity index is 1080. The van der Waals surface area contributed by atoms with Gasteiger partial charge in [0.15, 0.2) is 0 Å². The first kappa shape index (κ1) is 20.6. The van der Waals surface area contributed by atoms with Crippen molar-refractivity contribution in [3.8, 4) is 5.75 Å². The van der Waals surface area contributed by atoms with Crippen LogP contribution in [-0.2, 0) is 0 Å². The average molecular weight is 419 g/mol. The summed E-state index contributed by atoms with van der Waals surface area (Å²) < 4.78 is 7.00. The molecule has 0 fully saturated rings. The zero-order chi connectivity index (χ0) is 21.4. The Morgan fingerprint density at radius 2 is 1.10 bits per heavy atom. The third-order valence-electron chi connectivity index (χ3n) is 5.31. The number of benzene rings is 4. The third-order valence-corrected chi connectivity index (χ3v) is 9.01. The first-order valence-electron chi connectivity index (χ1n) is 10.5.